The Hall–Kier alpha value is -1.94. The number of benzene rings is 1. The first-order chi connectivity index (χ1) is 9.75. The second-order valence-electron chi connectivity index (χ2n) is 5.65. The lowest BCUT2D eigenvalue weighted by Gasteiger charge is -2.28. The molecular weight excluding hydrogens is 252 g/mol. The molecule has 1 atom stereocenters. The molecule has 0 saturated carbocycles. The molecule has 4 nitrogen and oxygen atoms in total. The first-order valence-corrected chi connectivity index (χ1v) is 7.14. The summed E-state index contributed by atoms with van der Waals surface area (Å²) in [7, 11) is 0. The molecule has 20 heavy (non-hydrogen) atoms. The van der Waals surface area contributed by atoms with Crippen LogP contribution in [0.3, 0.4) is 0 Å². The van der Waals surface area contributed by atoms with Crippen LogP contribution in [0.5, 0.6) is 0 Å². The zero-order valence-corrected chi connectivity index (χ0v) is 11.2. The maximum Gasteiger partial charge on any atom is 0.336 e. The van der Waals surface area contributed by atoms with Gasteiger partial charge in [0, 0.05) is 17.5 Å². The Labute approximate surface area is 117 Å². The van der Waals surface area contributed by atoms with E-state index in [0.717, 1.165) is 41.7 Å². The second kappa shape index (κ2) is 4.28. The molecule has 1 aromatic heterocycles. The summed E-state index contributed by atoms with van der Waals surface area (Å²) in [6.45, 7) is 1.79. The number of aromatic nitrogens is 1. The van der Waals surface area contributed by atoms with Crippen molar-refractivity contribution in [3.63, 3.8) is 0 Å². The molecule has 102 valence electrons. The number of rotatable bonds is 1. The topological polar surface area (TPSA) is 53.4 Å². The summed E-state index contributed by atoms with van der Waals surface area (Å²) in [5.74, 6) is -0.834. The van der Waals surface area contributed by atoms with Crippen LogP contribution in [0.15, 0.2) is 24.3 Å². The molecule has 0 bridgehead atoms. The summed E-state index contributed by atoms with van der Waals surface area (Å²) in [6, 6.07) is 7.89. The molecule has 1 N–H and O–H groups in total. The van der Waals surface area contributed by atoms with Gasteiger partial charge in [0.25, 0.3) is 0 Å². The Balaban J connectivity index is 2.01. The Morgan fingerprint density at radius 1 is 1.30 bits per heavy atom. The number of nitrogens with zero attached hydrogens (tertiary/aromatic N) is 2. The van der Waals surface area contributed by atoms with Gasteiger partial charge in [0.2, 0.25) is 0 Å². The van der Waals surface area contributed by atoms with Crippen LogP contribution in [0.25, 0.3) is 10.9 Å². The average molecular weight is 268 g/mol. The highest BCUT2D eigenvalue weighted by molar-refractivity contribution is 6.04. The zero-order chi connectivity index (χ0) is 13.7. The number of carbonyl (C=O) groups is 1. The van der Waals surface area contributed by atoms with Gasteiger partial charge in [0.15, 0.2) is 0 Å². The minimum absolute atomic E-state index is 0.321. The highest BCUT2D eigenvalue weighted by atomic mass is 16.4. The molecule has 0 spiro atoms. The van der Waals surface area contributed by atoms with Crippen molar-refractivity contribution >= 4 is 16.9 Å². The number of carboxylic acids is 1. The standard InChI is InChI=1S/C16H16N2O2/c19-16(20)14-10-5-1-2-6-12(10)17-15-11(14)9-18-8-4-3-7-13(15)18/h1-2,5-6,13H,3-4,7-9H2,(H,19,20). The molecule has 4 rings (SSSR count). The number of pyridine rings is 1. The second-order valence-corrected chi connectivity index (χ2v) is 5.65. The molecule has 1 aromatic carbocycles. The van der Waals surface area contributed by atoms with Gasteiger partial charge in [-0.1, -0.05) is 24.6 Å². The van der Waals surface area contributed by atoms with E-state index in [0.29, 0.717) is 11.6 Å². The van der Waals surface area contributed by atoms with Crippen molar-refractivity contribution in [1.82, 2.24) is 9.88 Å². The van der Waals surface area contributed by atoms with Gasteiger partial charge in [-0.05, 0) is 25.5 Å². The van der Waals surface area contributed by atoms with Crippen molar-refractivity contribution < 1.29 is 9.90 Å². The van der Waals surface area contributed by atoms with Crippen molar-refractivity contribution in [2.24, 2.45) is 0 Å². The van der Waals surface area contributed by atoms with Gasteiger partial charge in [-0.2, -0.15) is 0 Å². The van der Waals surface area contributed by atoms with Gasteiger partial charge in [-0.3, -0.25) is 9.88 Å². The molecule has 2 aromatic rings. The van der Waals surface area contributed by atoms with Crippen LogP contribution in [0.2, 0.25) is 0 Å². The van der Waals surface area contributed by atoms with Crippen LogP contribution >= 0.6 is 0 Å². The smallest absolute Gasteiger partial charge is 0.336 e. The molecule has 2 aliphatic heterocycles. The van der Waals surface area contributed by atoms with E-state index in [1.807, 2.05) is 24.3 Å². The van der Waals surface area contributed by atoms with Crippen LogP contribution in [0.1, 0.15) is 46.9 Å². The van der Waals surface area contributed by atoms with Crippen LogP contribution in [0, 0.1) is 0 Å². The summed E-state index contributed by atoms with van der Waals surface area (Å²) in [4.78, 5) is 18.9. The molecule has 0 amide bonds. The third kappa shape index (κ3) is 1.58. The fourth-order valence-corrected chi connectivity index (χ4v) is 3.64. The van der Waals surface area contributed by atoms with E-state index in [9.17, 15) is 9.90 Å². The number of hydrogen-bond donors (Lipinski definition) is 1. The van der Waals surface area contributed by atoms with E-state index in [2.05, 4.69) is 4.90 Å². The molecule has 1 fully saturated rings. The average Bonchev–Trinajstić information content (AvgIpc) is 2.82. The van der Waals surface area contributed by atoms with Crippen LogP contribution in [-0.4, -0.2) is 27.5 Å². The number of fused-ring (bicyclic) bond motifs is 4. The third-order valence-corrected chi connectivity index (χ3v) is 4.53. The predicted octanol–water partition coefficient (Wildman–Crippen LogP) is 2.97. The van der Waals surface area contributed by atoms with Gasteiger partial charge in [-0.25, -0.2) is 4.79 Å². The number of hydrogen-bond acceptors (Lipinski definition) is 3. The molecule has 4 heteroatoms. The molecule has 3 heterocycles. The minimum Gasteiger partial charge on any atom is -0.478 e. The Morgan fingerprint density at radius 3 is 3.00 bits per heavy atom. The van der Waals surface area contributed by atoms with Gasteiger partial charge in [-0.15, -0.1) is 0 Å². The van der Waals surface area contributed by atoms with E-state index in [-0.39, 0.29) is 0 Å². The SMILES string of the molecule is O=C(O)c1c2c(nc3ccccc13)C1CCCCN1C2. The maximum atomic E-state index is 11.7. The highest BCUT2D eigenvalue weighted by Gasteiger charge is 2.36. The number of piperidine rings is 1. The van der Waals surface area contributed by atoms with Crippen LogP contribution < -0.4 is 0 Å². The van der Waals surface area contributed by atoms with E-state index in [4.69, 9.17) is 4.98 Å². The maximum absolute atomic E-state index is 11.7. The van der Waals surface area contributed by atoms with Crippen molar-refractivity contribution in [1.29, 1.82) is 0 Å². The number of carboxylic acid groups (broad SMARTS) is 1. The summed E-state index contributed by atoms with van der Waals surface area (Å²) in [6.07, 6.45) is 3.50. The van der Waals surface area contributed by atoms with E-state index < -0.39 is 5.97 Å². The van der Waals surface area contributed by atoms with Gasteiger partial charge in [0.1, 0.15) is 0 Å². The molecule has 0 aliphatic carbocycles. The number of para-hydroxylation sites is 1. The Bertz CT molecular complexity index is 711. The zero-order valence-electron chi connectivity index (χ0n) is 11.2. The fourth-order valence-electron chi connectivity index (χ4n) is 3.64. The predicted molar refractivity (Wildman–Crippen MR) is 75.7 cm³/mol. The summed E-state index contributed by atoms with van der Waals surface area (Å²) >= 11 is 0. The number of aromatic carboxylic acids is 1. The first kappa shape index (κ1) is 11.9. The quantitative estimate of drug-likeness (QED) is 0.864. The van der Waals surface area contributed by atoms with Gasteiger partial charge >= 0.3 is 5.97 Å². The summed E-state index contributed by atoms with van der Waals surface area (Å²) in [5, 5.41) is 10.4. The fraction of sp³-hybridized carbons (Fsp3) is 0.375. The normalized spacial score (nSPS) is 21.7. The first-order valence-electron chi connectivity index (χ1n) is 7.14. The largest absolute Gasteiger partial charge is 0.478 e. The van der Waals surface area contributed by atoms with Crippen LogP contribution in [-0.2, 0) is 6.54 Å². The lowest BCUT2D eigenvalue weighted by molar-refractivity contribution is 0.0697. The summed E-state index contributed by atoms with van der Waals surface area (Å²) in [5.41, 5.74) is 3.19. The van der Waals surface area contributed by atoms with E-state index in [1.54, 1.807) is 0 Å². The minimum atomic E-state index is -0.834. The highest BCUT2D eigenvalue weighted by Crippen LogP contribution is 2.41. The molecule has 1 unspecified atom stereocenters. The molecule has 0 radical (unpaired) electrons. The van der Waals surface area contributed by atoms with Crippen molar-refractivity contribution in [3.05, 3.63) is 41.1 Å². The Kier molecular flexibility index (Phi) is 2.54. The third-order valence-electron chi connectivity index (χ3n) is 4.53. The van der Waals surface area contributed by atoms with E-state index >= 15 is 0 Å². The van der Waals surface area contributed by atoms with Gasteiger partial charge < -0.3 is 5.11 Å². The van der Waals surface area contributed by atoms with Gasteiger partial charge in [0.05, 0.1) is 22.8 Å². The molecular formula is C16H16N2O2. The molecule has 2 aliphatic rings. The monoisotopic (exact) mass is 268 g/mol. The van der Waals surface area contributed by atoms with Crippen molar-refractivity contribution in [2.75, 3.05) is 6.54 Å². The Morgan fingerprint density at radius 2 is 2.15 bits per heavy atom. The van der Waals surface area contributed by atoms with Crippen molar-refractivity contribution in [2.45, 2.75) is 31.8 Å². The van der Waals surface area contributed by atoms with E-state index in [1.165, 1.54) is 12.8 Å². The lowest BCUT2D eigenvalue weighted by Crippen LogP contribution is -2.27. The summed E-state index contributed by atoms with van der Waals surface area (Å²) < 4.78 is 0. The van der Waals surface area contributed by atoms with Crippen molar-refractivity contribution in [3.8, 4) is 0 Å². The van der Waals surface area contributed by atoms with Crippen LogP contribution in [0.4, 0.5) is 0 Å². The lowest BCUT2D eigenvalue weighted by atomic mass is 9.97. The molecule has 1 saturated heterocycles.